The molecule has 5 heteroatoms. The Hall–Kier alpha value is -2.69. The molecule has 0 aliphatic carbocycles. The smallest absolute Gasteiger partial charge is 0.227 e. The molecular formula is C23H29N3O2. The summed E-state index contributed by atoms with van der Waals surface area (Å²) < 4.78 is 5.22. The Labute approximate surface area is 167 Å². The predicted octanol–water partition coefficient (Wildman–Crippen LogP) is 3.19. The van der Waals surface area contributed by atoms with Gasteiger partial charge in [-0.05, 0) is 54.8 Å². The van der Waals surface area contributed by atoms with Crippen molar-refractivity contribution in [3.05, 3.63) is 54.1 Å². The molecule has 28 heavy (non-hydrogen) atoms. The van der Waals surface area contributed by atoms with Gasteiger partial charge in [-0.2, -0.15) is 0 Å². The molecule has 0 unspecified atom stereocenters. The molecule has 0 bridgehead atoms. The summed E-state index contributed by atoms with van der Waals surface area (Å²) in [6.07, 6.45) is 3.05. The first-order valence-corrected chi connectivity index (χ1v) is 10.2. The molecule has 2 aliphatic heterocycles. The van der Waals surface area contributed by atoms with Gasteiger partial charge in [0.25, 0.3) is 0 Å². The molecule has 2 aromatic carbocycles. The molecule has 0 atom stereocenters. The quantitative estimate of drug-likeness (QED) is 0.799. The number of ether oxygens (including phenoxy) is 1. The van der Waals surface area contributed by atoms with E-state index in [9.17, 15) is 4.79 Å². The first kappa shape index (κ1) is 18.7. The molecule has 2 saturated heterocycles. The molecule has 5 nitrogen and oxygen atoms in total. The second-order valence-corrected chi connectivity index (χ2v) is 7.60. The Bertz CT molecular complexity index is 774. The number of hydrogen-bond donors (Lipinski definition) is 0. The van der Waals surface area contributed by atoms with Crippen LogP contribution < -0.4 is 14.5 Å². The van der Waals surface area contributed by atoms with Crippen LogP contribution in [0.15, 0.2) is 48.5 Å². The molecule has 4 rings (SSSR count). The molecule has 0 radical (unpaired) electrons. The van der Waals surface area contributed by atoms with Crippen molar-refractivity contribution in [2.75, 3.05) is 56.2 Å². The van der Waals surface area contributed by atoms with E-state index in [1.165, 1.54) is 24.2 Å². The van der Waals surface area contributed by atoms with Crippen molar-refractivity contribution in [1.82, 2.24) is 4.90 Å². The van der Waals surface area contributed by atoms with Gasteiger partial charge in [-0.3, -0.25) is 4.79 Å². The fourth-order valence-corrected chi connectivity index (χ4v) is 4.09. The van der Waals surface area contributed by atoms with Gasteiger partial charge in [0.2, 0.25) is 5.91 Å². The topological polar surface area (TPSA) is 36.0 Å². The van der Waals surface area contributed by atoms with Crippen molar-refractivity contribution >= 4 is 17.3 Å². The van der Waals surface area contributed by atoms with E-state index in [0.29, 0.717) is 6.42 Å². The van der Waals surface area contributed by atoms with Crippen molar-refractivity contribution < 1.29 is 9.53 Å². The number of rotatable bonds is 5. The Morgan fingerprint density at radius 1 is 0.786 bits per heavy atom. The van der Waals surface area contributed by atoms with Gasteiger partial charge >= 0.3 is 0 Å². The van der Waals surface area contributed by atoms with Crippen LogP contribution in [-0.2, 0) is 11.2 Å². The van der Waals surface area contributed by atoms with Crippen LogP contribution in [0.4, 0.5) is 11.4 Å². The van der Waals surface area contributed by atoms with Crippen molar-refractivity contribution in [1.29, 1.82) is 0 Å². The van der Waals surface area contributed by atoms with Gasteiger partial charge in [-0.15, -0.1) is 0 Å². The third-order valence-electron chi connectivity index (χ3n) is 5.83. The van der Waals surface area contributed by atoms with Gasteiger partial charge in [0.05, 0.1) is 13.5 Å². The molecule has 0 aromatic heterocycles. The minimum absolute atomic E-state index is 0.225. The van der Waals surface area contributed by atoms with Gasteiger partial charge in [0, 0.05) is 50.6 Å². The molecule has 1 amide bonds. The largest absolute Gasteiger partial charge is 0.497 e. The van der Waals surface area contributed by atoms with Crippen LogP contribution in [0.1, 0.15) is 18.4 Å². The van der Waals surface area contributed by atoms with E-state index < -0.39 is 0 Å². The molecule has 2 aliphatic rings. The van der Waals surface area contributed by atoms with Crippen LogP contribution in [0.2, 0.25) is 0 Å². The van der Waals surface area contributed by atoms with Crippen LogP contribution in [0.5, 0.6) is 5.75 Å². The number of carbonyl (C=O) groups excluding carboxylic acids is 1. The molecular weight excluding hydrogens is 350 g/mol. The summed E-state index contributed by atoms with van der Waals surface area (Å²) in [5.74, 6) is 1.09. The van der Waals surface area contributed by atoms with Crippen LogP contribution >= 0.6 is 0 Å². The van der Waals surface area contributed by atoms with Crippen LogP contribution in [0.25, 0.3) is 0 Å². The minimum atomic E-state index is 0.225. The van der Waals surface area contributed by atoms with Gasteiger partial charge in [-0.25, -0.2) is 0 Å². The summed E-state index contributed by atoms with van der Waals surface area (Å²) in [5.41, 5.74) is 3.57. The number of nitrogens with zero attached hydrogens (tertiary/aromatic N) is 3. The lowest BCUT2D eigenvalue weighted by molar-refractivity contribution is -0.130. The molecule has 0 spiro atoms. The number of amides is 1. The number of piperazine rings is 1. The average Bonchev–Trinajstić information content (AvgIpc) is 3.29. The Kier molecular flexibility index (Phi) is 5.70. The van der Waals surface area contributed by atoms with E-state index in [4.69, 9.17) is 4.74 Å². The Balaban J connectivity index is 1.28. The molecule has 2 aromatic rings. The van der Waals surface area contributed by atoms with Crippen LogP contribution in [0.3, 0.4) is 0 Å². The van der Waals surface area contributed by atoms with E-state index in [1.807, 2.05) is 17.0 Å². The lowest BCUT2D eigenvalue weighted by atomic mass is 10.1. The first-order chi connectivity index (χ1) is 13.7. The summed E-state index contributed by atoms with van der Waals surface area (Å²) in [4.78, 5) is 19.5. The van der Waals surface area contributed by atoms with Crippen molar-refractivity contribution in [2.45, 2.75) is 19.3 Å². The highest BCUT2D eigenvalue weighted by molar-refractivity contribution is 5.79. The maximum atomic E-state index is 12.7. The van der Waals surface area contributed by atoms with E-state index in [2.05, 4.69) is 46.2 Å². The fourth-order valence-electron chi connectivity index (χ4n) is 4.09. The third kappa shape index (κ3) is 4.24. The summed E-state index contributed by atoms with van der Waals surface area (Å²) in [6.45, 7) is 5.58. The van der Waals surface area contributed by atoms with Crippen molar-refractivity contribution in [3.8, 4) is 5.75 Å². The van der Waals surface area contributed by atoms with Gasteiger partial charge < -0.3 is 19.4 Å². The Morgan fingerprint density at radius 3 is 1.89 bits per heavy atom. The average molecular weight is 380 g/mol. The predicted molar refractivity (Wildman–Crippen MR) is 113 cm³/mol. The van der Waals surface area contributed by atoms with Gasteiger partial charge in [-0.1, -0.05) is 12.1 Å². The van der Waals surface area contributed by atoms with Crippen molar-refractivity contribution in [2.24, 2.45) is 0 Å². The molecule has 0 N–H and O–H groups in total. The molecule has 0 saturated carbocycles. The third-order valence-corrected chi connectivity index (χ3v) is 5.83. The zero-order valence-corrected chi connectivity index (χ0v) is 16.6. The van der Waals surface area contributed by atoms with Gasteiger partial charge in [0.1, 0.15) is 5.75 Å². The SMILES string of the molecule is COc1ccc(N2CCN(C(=O)Cc3ccc(N4CCCC4)cc3)CC2)cc1. The lowest BCUT2D eigenvalue weighted by Gasteiger charge is -2.36. The molecule has 2 heterocycles. The van der Waals surface area contributed by atoms with E-state index in [0.717, 1.165) is 50.6 Å². The maximum absolute atomic E-state index is 12.7. The minimum Gasteiger partial charge on any atom is -0.497 e. The molecule has 148 valence electrons. The summed E-state index contributed by atoms with van der Waals surface area (Å²) in [5, 5.41) is 0. The zero-order chi connectivity index (χ0) is 19.3. The second kappa shape index (κ2) is 8.55. The van der Waals surface area contributed by atoms with Crippen LogP contribution in [0, 0.1) is 0 Å². The highest BCUT2D eigenvalue weighted by Gasteiger charge is 2.21. The number of methoxy groups -OCH3 is 1. The van der Waals surface area contributed by atoms with Gasteiger partial charge in [0.15, 0.2) is 0 Å². The zero-order valence-electron chi connectivity index (χ0n) is 16.6. The normalized spacial score (nSPS) is 17.1. The fraction of sp³-hybridized carbons (Fsp3) is 0.435. The highest BCUT2D eigenvalue weighted by atomic mass is 16.5. The number of carbonyl (C=O) groups is 1. The highest BCUT2D eigenvalue weighted by Crippen LogP contribution is 2.22. The summed E-state index contributed by atoms with van der Waals surface area (Å²) in [7, 11) is 1.68. The van der Waals surface area contributed by atoms with Crippen LogP contribution in [-0.4, -0.2) is 57.2 Å². The lowest BCUT2D eigenvalue weighted by Crippen LogP contribution is -2.49. The van der Waals surface area contributed by atoms with E-state index in [1.54, 1.807) is 7.11 Å². The number of hydrogen-bond acceptors (Lipinski definition) is 4. The standard InChI is InChI=1S/C23H29N3O2/c1-28-22-10-8-21(9-11-22)25-14-16-26(17-15-25)23(27)18-19-4-6-20(7-5-19)24-12-2-3-13-24/h4-11H,2-3,12-18H2,1H3. The van der Waals surface area contributed by atoms with E-state index >= 15 is 0 Å². The van der Waals surface area contributed by atoms with Crippen molar-refractivity contribution in [3.63, 3.8) is 0 Å². The Morgan fingerprint density at radius 2 is 1.32 bits per heavy atom. The summed E-state index contributed by atoms with van der Waals surface area (Å²) in [6, 6.07) is 16.7. The van der Waals surface area contributed by atoms with E-state index in [-0.39, 0.29) is 5.91 Å². The monoisotopic (exact) mass is 379 g/mol. The number of anilines is 2. The summed E-state index contributed by atoms with van der Waals surface area (Å²) >= 11 is 0. The molecule has 2 fully saturated rings. The second-order valence-electron chi connectivity index (χ2n) is 7.60. The maximum Gasteiger partial charge on any atom is 0.227 e. The number of benzene rings is 2. The first-order valence-electron chi connectivity index (χ1n) is 10.2.